The van der Waals surface area contributed by atoms with E-state index in [0.717, 1.165) is 45.0 Å². The topological polar surface area (TPSA) is 50.6 Å². The molecule has 1 fully saturated rings. The molecular weight excluding hydrogens is 376 g/mol. The molecular formula is C24H36N4O2. The summed E-state index contributed by atoms with van der Waals surface area (Å²) in [7, 11) is 1.90. The molecule has 1 aliphatic heterocycles. The summed E-state index contributed by atoms with van der Waals surface area (Å²) >= 11 is 0. The second-order valence-electron chi connectivity index (χ2n) is 8.70. The van der Waals surface area contributed by atoms with E-state index in [0.29, 0.717) is 18.9 Å². The molecule has 30 heavy (non-hydrogen) atoms. The molecule has 0 radical (unpaired) electrons. The smallest absolute Gasteiger partial charge is 0.222 e. The van der Waals surface area contributed by atoms with Gasteiger partial charge in [0.1, 0.15) is 0 Å². The van der Waals surface area contributed by atoms with Crippen LogP contribution in [0.2, 0.25) is 0 Å². The lowest BCUT2D eigenvalue weighted by atomic mass is 10.1. The molecule has 6 nitrogen and oxygen atoms in total. The van der Waals surface area contributed by atoms with Gasteiger partial charge in [0.05, 0.1) is 18.9 Å². The van der Waals surface area contributed by atoms with Crippen LogP contribution in [0.1, 0.15) is 42.8 Å². The standard InChI is InChI=1S/C24H36N4O2/c1-18(2)16-28-20(4)22(19(3)25-28)10-11-24(29)26(5)17-21-8-6-7-9-23(21)27-12-14-30-15-13-27/h6-9,18H,10-17H2,1-5H3. The van der Waals surface area contributed by atoms with Crippen LogP contribution >= 0.6 is 0 Å². The van der Waals surface area contributed by atoms with Gasteiger partial charge in [0.2, 0.25) is 5.91 Å². The summed E-state index contributed by atoms with van der Waals surface area (Å²) in [5, 5.41) is 4.68. The van der Waals surface area contributed by atoms with Crippen LogP contribution in [0.25, 0.3) is 0 Å². The Labute approximate surface area is 180 Å². The second-order valence-corrected chi connectivity index (χ2v) is 8.70. The van der Waals surface area contributed by atoms with Crippen molar-refractivity contribution < 1.29 is 9.53 Å². The molecule has 1 amide bonds. The first-order chi connectivity index (χ1) is 14.4. The third-order valence-corrected chi connectivity index (χ3v) is 5.83. The van der Waals surface area contributed by atoms with Crippen LogP contribution in [-0.2, 0) is 29.0 Å². The zero-order valence-electron chi connectivity index (χ0n) is 19.1. The zero-order valence-corrected chi connectivity index (χ0v) is 19.1. The van der Waals surface area contributed by atoms with E-state index < -0.39 is 0 Å². The summed E-state index contributed by atoms with van der Waals surface area (Å²) < 4.78 is 7.57. The maximum Gasteiger partial charge on any atom is 0.222 e. The Kier molecular flexibility index (Phi) is 7.53. The number of nitrogens with zero attached hydrogens (tertiary/aromatic N) is 4. The highest BCUT2D eigenvalue weighted by atomic mass is 16.5. The Balaban J connectivity index is 1.62. The lowest BCUT2D eigenvalue weighted by Crippen LogP contribution is -2.37. The van der Waals surface area contributed by atoms with Gasteiger partial charge >= 0.3 is 0 Å². The molecule has 0 N–H and O–H groups in total. The van der Waals surface area contributed by atoms with Gasteiger partial charge in [0.15, 0.2) is 0 Å². The highest BCUT2D eigenvalue weighted by molar-refractivity contribution is 5.76. The van der Waals surface area contributed by atoms with Crippen molar-refractivity contribution in [1.82, 2.24) is 14.7 Å². The number of aryl methyl sites for hydroxylation is 1. The van der Waals surface area contributed by atoms with Crippen molar-refractivity contribution in [3.63, 3.8) is 0 Å². The number of para-hydroxylation sites is 1. The molecule has 2 heterocycles. The number of carbonyl (C=O) groups excluding carboxylic acids is 1. The largest absolute Gasteiger partial charge is 0.378 e. The highest BCUT2D eigenvalue weighted by Crippen LogP contribution is 2.23. The molecule has 6 heteroatoms. The molecule has 0 bridgehead atoms. The third kappa shape index (κ3) is 5.42. The van der Waals surface area contributed by atoms with E-state index >= 15 is 0 Å². The molecule has 0 aliphatic carbocycles. The number of aromatic nitrogens is 2. The summed E-state index contributed by atoms with van der Waals surface area (Å²) in [6.45, 7) is 13.4. The molecule has 1 aromatic heterocycles. The zero-order chi connectivity index (χ0) is 21.7. The Morgan fingerprint density at radius 3 is 2.60 bits per heavy atom. The van der Waals surface area contributed by atoms with Crippen LogP contribution in [0.15, 0.2) is 24.3 Å². The van der Waals surface area contributed by atoms with Crippen LogP contribution in [-0.4, -0.2) is 53.9 Å². The minimum atomic E-state index is 0.169. The van der Waals surface area contributed by atoms with Crippen molar-refractivity contribution in [1.29, 1.82) is 0 Å². The minimum absolute atomic E-state index is 0.169. The number of hydrogen-bond acceptors (Lipinski definition) is 4. The summed E-state index contributed by atoms with van der Waals surface area (Å²) in [6.07, 6.45) is 1.25. The van der Waals surface area contributed by atoms with E-state index in [-0.39, 0.29) is 5.91 Å². The fourth-order valence-electron chi connectivity index (χ4n) is 4.14. The first-order valence-corrected chi connectivity index (χ1v) is 11.0. The average molecular weight is 413 g/mol. The number of morpholine rings is 1. The number of anilines is 1. The number of rotatable bonds is 8. The highest BCUT2D eigenvalue weighted by Gasteiger charge is 2.18. The lowest BCUT2D eigenvalue weighted by Gasteiger charge is -2.31. The lowest BCUT2D eigenvalue weighted by molar-refractivity contribution is -0.130. The Morgan fingerprint density at radius 1 is 1.20 bits per heavy atom. The van der Waals surface area contributed by atoms with E-state index in [2.05, 4.69) is 53.7 Å². The van der Waals surface area contributed by atoms with Crippen molar-refractivity contribution in [3.8, 4) is 0 Å². The number of carbonyl (C=O) groups is 1. The summed E-state index contributed by atoms with van der Waals surface area (Å²) in [6, 6.07) is 8.39. The average Bonchev–Trinajstić information content (AvgIpc) is 2.99. The second kappa shape index (κ2) is 10.1. The molecule has 1 aromatic carbocycles. The van der Waals surface area contributed by atoms with E-state index in [4.69, 9.17) is 4.74 Å². The Hall–Kier alpha value is -2.34. The van der Waals surface area contributed by atoms with E-state index in [1.165, 1.54) is 22.5 Å². The summed E-state index contributed by atoms with van der Waals surface area (Å²) in [4.78, 5) is 17.1. The molecule has 0 spiro atoms. The minimum Gasteiger partial charge on any atom is -0.378 e. The number of amides is 1. The molecule has 164 valence electrons. The predicted molar refractivity (Wildman–Crippen MR) is 121 cm³/mol. The van der Waals surface area contributed by atoms with Gasteiger partial charge in [-0.05, 0) is 43.4 Å². The van der Waals surface area contributed by atoms with E-state index in [9.17, 15) is 4.79 Å². The molecule has 2 aromatic rings. The maximum atomic E-state index is 12.9. The molecule has 0 unspecified atom stereocenters. The number of hydrogen-bond donors (Lipinski definition) is 0. The molecule has 1 saturated heterocycles. The van der Waals surface area contributed by atoms with Crippen molar-refractivity contribution in [3.05, 3.63) is 46.8 Å². The van der Waals surface area contributed by atoms with Gasteiger partial charge in [-0.25, -0.2) is 0 Å². The normalized spacial score (nSPS) is 14.4. The van der Waals surface area contributed by atoms with Crippen LogP contribution < -0.4 is 4.90 Å². The van der Waals surface area contributed by atoms with Crippen LogP contribution in [0.3, 0.4) is 0 Å². The first-order valence-electron chi connectivity index (χ1n) is 11.0. The van der Waals surface area contributed by atoms with Gasteiger partial charge in [0.25, 0.3) is 0 Å². The van der Waals surface area contributed by atoms with Crippen molar-refractivity contribution in [2.45, 2.75) is 53.6 Å². The summed E-state index contributed by atoms with van der Waals surface area (Å²) in [5.41, 5.74) is 5.84. The van der Waals surface area contributed by atoms with Crippen LogP contribution in [0, 0.1) is 19.8 Å². The predicted octanol–water partition coefficient (Wildman–Crippen LogP) is 3.58. The maximum absolute atomic E-state index is 12.9. The molecule has 3 rings (SSSR count). The SMILES string of the molecule is Cc1nn(CC(C)C)c(C)c1CCC(=O)N(C)Cc1ccccc1N1CCOCC1. The fourth-order valence-corrected chi connectivity index (χ4v) is 4.14. The van der Waals surface area contributed by atoms with Gasteiger partial charge in [-0.1, -0.05) is 32.0 Å². The monoisotopic (exact) mass is 412 g/mol. The first kappa shape index (κ1) is 22.3. The van der Waals surface area contributed by atoms with Gasteiger partial charge in [-0.15, -0.1) is 0 Å². The van der Waals surface area contributed by atoms with Crippen LogP contribution in [0.5, 0.6) is 0 Å². The number of benzene rings is 1. The van der Waals surface area contributed by atoms with E-state index in [1.807, 2.05) is 24.9 Å². The van der Waals surface area contributed by atoms with Crippen LogP contribution in [0.4, 0.5) is 5.69 Å². The van der Waals surface area contributed by atoms with Gasteiger partial charge < -0.3 is 14.5 Å². The third-order valence-electron chi connectivity index (χ3n) is 5.83. The van der Waals surface area contributed by atoms with Gasteiger partial charge in [-0.2, -0.15) is 5.10 Å². The van der Waals surface area contributed by atoms with Gasteiger partial charge in [0, 0.05) is 51.0 Å². The fraction of sp³-hybridized carbons (Fsp3) is 0.583. The van der Waals surface area contributed by atoms with Crippen molar-refractivity contribution >= 4 is 11.6 Å². The quantitative estimate of drug-likeness (QED) is 0.665. The molecule has 1 aliphatic rings. The Morgan fingerprint density at radius 2 is 1.90 bits per heavy atom. The molecule has 0 saturated carbocycles. The molecule has 0 atom stereocenters. The van der Waals surface area contributed by atoms with Gasteiger partial charge in [-0.3, -0.25) is 9.48 Å². The van der Waals surface area contributed by atoms with Crippen molar-refractivity contribution in [2.24, 2.45) is 5.92 Å². The van der Waals surface area contributed by atoms with Crippen molar-refractivity contribution in [2.75, 3.05) is 38.3 Å². The van der Waals surface area contributed by atoms with E-state index in [1.54, 1.807) is 0 Å². The Bertz CT molecular complexity index is 853. The summed E-state index contributed by atoms with van der Waals surface area (Å²) in [5.74, 6) is 0.720. The number of ether oxygens (including phenoxy) is 1.